The van der Waals surface area contributed by atoms with Crippen molar-refractivity contribution in [3.05, 3.63) is 51.5 Å². The van der Waals surface area contributed by atoms with E-state index >= 15 is 0 Å². The molecule has 1 fully saturated rings. The number of benzene rings is 1. The fourth-order valence-corrected chi connectivity index (χ4v) is 4.06. The average molecular weight is 401 g/mol. The third-order valence-electron chi connectivity index (χ3n) is 5.48. The summed E-state index contributed by atoms with van der Waals surface area (Å²) in [5.41, 5.74) is 1.55. The van der Waals surface area contributed by atoms with Gasteiger partial charge >= 0.3 is 0 Å². The summed E-state index contributed by atoms with van der Waals surface area (Å²) in [7, 11) is 5.52. The van der Waals surface area contributed by atoms with Gasteiger partial charge in [-0.2, -0.15) is 5.26 Å². The van der Waals surface area contributed by atoms with Crippen LogP contribution >= 0.6 is 12.2 Å². The topological polar surface area (TPSA) is 64.0 Å². The monoisotopic (exact) mass is 400 g/mol. The number of nitrogens with one attached hydrogen (secondary N) is 1. The first-order chi connectivity index (χ1) is 13.3. The summed E-state index contributed by atoms with van der Waals surface area (Å²) in [5.74, 6) is 0.462. The van der Waals surface area contributed by atoms with Crippen LogP contribution < -0.4 is 10.4 Å². The van der Waals surface area contributed by atoms with E-state index in [4.69, 9.17) is 17.6 Å². The van der Waals surface area contributed by atoms with Gasteiger partial charge in [-0.3, -0.25) is 10.3 Å². The minimum absolute atomic E-state index is 0.131. The molecule has 2 aromatic rings. The van der Waals surface area contributed by atoms with Crippen molar-refractivity contribution in [2.75, 3.05) is 25.0 Å². The van der Waals surface area contributed by atoms with E-state index in [9.17, 15) is 9.65 Å². The van der Waals surface area contributed by atoms with Crippen LogP contribution in [-0.2, 0) is 20.6 Å². The number of hydrogen-bond acceptors (Lipinski definition) is 5. The minimum Gasteiger partial charge on any atom is -0.356 e. The number of rotatable bonds is 4. The molecule has 6 nitrogen and oxygen atoms in total. The van der Waals surface area contributed by atoms with Gasteiger partial charge in [0.2, 0.25) is 0 Å². The Bertz CT molecular complexity index is 1020. The third kappa shape index (κ3) is 3.86. The van der Waals surface area contributed by atoms with Gasteiger partial charge in [0.25, 0.3) is 0 Å². The summed E-state index contributed by atoms with van der Waals surface area (Å²) in [5, 5.41) is 17.9. The maximum atomic E-state index is 13.1. The number of nitrogens with zero attached hydrogens (tertiary/aromatic N) is 5. The SMILES string of the molecule is CN(c1c(C#N)c(=N)n(C)c(=S)n1C)C1CCCN(Cc2ccc(F)cc2)C1. The van der Waals surface area contributed by atoms with E-state index < -0.39 is 0 Å². The van der Waals surface area contributed by atoms with Gasteiger partial charge in [0.1, 0.15) is 28.8 Å². The lowest BCUT2D eigenvalue weighted by Gasteiger charge is -2.39. The number of halogens is 1. The molecule has 1 N–H and O–H groups in total. The molecule has 3 rings (SSSR count). The highest BCUT2D eigenvalue weighted by molar-refractivity contribution is 7.71. The molecule has 0 radical (unpaired) electrons. The van der Waals surface area contributed by atoms with Crippen LogP contribution in [0.1, 0.15) is 24.0 Å². The Labute approximate surface area is 169 Å². The van der Waals surface area contributed by atoms with Gasteiger partial charge in [-0.1, -0.05) is 12.1 Å². The van der Waals surface area contributed by atoms with Gasteiger partial charge in [0.15, 0.2) is 4.77 Å². The standard InChI is InChI=1S/C20H25FN6S/c1-24(19-17(11-22)18(23)25(2)20(28)26(19)3)16-5-4-10-27(13-16)12-14-6-8-15(21)9-7-14/h6-9,16,23H,4-5,10,12-13H2,1-3H3. The van der Waals surface area contributed by atoms with Gasteiger partial charge < -0.3 is 14.0 Å². The highest BCUT2D eigenvalue weighted by Gasteiger charge is 2.27. The van der Waals surface area contributed by atoms with Crippen LogP contribution in [0.3, 0.4) is 0 Å². The van der Waals surface area contributed by atoms with Crippen LogP contribution in [0.15, 0.2) is 24.3 Å². The van der Waals surface area contributed by atoms with Crippen molar-refractivity contribution >= 4 is 18.0 Å². The third-order valence-corrected chi connectivity index (χ3v) is 6.03. The number of likely N-dealkylation sites (N-methyl/N-ethyl adjacent to an activating group) is 1. The number of anilines is 1. The lowest BCUT2D eigenvalue weighted by Crippen LogP contribution is -2.48. The molecule has 148 valence electrons. The second kappa shape index (κ2) is 8.25. The second-order valence-electron chi connectivity index (χ2n) is 7.33. The Kier molecular flexibility index (Phi) is 5.96. The zero-order valence-corrected chi connectivity index (χ0v) is 17.3. The van der Waals surface area contributed by atoms with Crippen molar-refractivity contribution < 1.29 is 4.39 Å². The van der Waals surface area contributed by atoms with Gasteiger partial charge in [-0.05, 0) is 49.3 Å². The van der Waals surface area contributed by atoms with Crippen molar-refractivity contribution in [3.8, 4) is 6.07 Å². The van der Waals surface area contributed by atoms with Gasteiger partial charge in [0.05, 0.1) is 0 Å². The fraction of sp³-hybridized carbons (Fsp3) is 0.450. The number of nitriles is 1. The van der Waals surface area contributed by atoms with Gasteiger partial charge in [-0.25, -0.2) is 4.39 Å². The molecular formula is C20H25FN6S. The van der Waals surface area contributed by atoms with E-state index in [0.29, 0.717) is 16.2 Å². The molecule has 1 atom stereocenters. The molecule has 8 heteroatoms. The number of likely N-dealkylation sites (tertiary alicyclic amines) is 1. The molecule has 0 aliphatic carbocycles. The Balaban J connectivity index is 1.86. The average Bonchev–Trinajstić information content (AvgIpc) is 2.70. The van der Waals surface area contributed by atoms with Crippen molar-refractivity contribution in [2.24, 2.45) is 14.1 Å². The fourth-order valence-electron chi connectivity index (χ4n) is 3.88. The number of aromatic nitrogens is 2. The molecule has 1 unspecified atom stereocenters. The molecule has 0 saturated carbocycles. The summed E-state index contributed by atoms with van der Waals surface area (Å²) in [6.07, 6.45) is 2.04. The van der Waals surface area contributed by atoms with Crippen molar-refractivity contribution in [2.45, 2.75) is 25.4 Å². The number of hydrogen-bond donors (Lipinski definition) is 1. The summed E-state index contributed by atoms with van der Waals surface area (Å²) in [6, 6.07) is 9.02. The lowest BCUT2D eigenvalue weighted by atomic mass is 10.0. The molecule has 1 aromatic carbocycles. The molecule has 0 spiro atoms. The van der Waals surface area contributed by atoms with Crippen LogP contribution in [0.2, 0.25) is 0 Å². The maximum Gasteiger partial charge on any atom is 0.182 e. The normalized spacial score (nSPS) is 17.3. The largest absolute Gasteiger partial charge is 0.356 e. The zero-order valence-electron chi connectivity index (χ0n) is 16.4. The molecule has 0 amide bonds. The molecule has 1 aromatic heterocycles. The zero-order chi connectivity index (χ0) is 20.4. The highest BCUT2D eigenvalue weighted by Crippen LogP contribution is 2.24. The molecule has 1 saturated heterocycles. The van der Waals surface area contributed by atoms with Gasteiger partial charge in [-0.15, -0.1) is 0 Å². The Morgan fingerprint density at radius 2 is 1.96 bits per heavy atom. The Morgan fingerprint density at radius 1 is 1.29 bits per heavy atom. The molecule has 2 heterocycles. The van der Waals surface area contributed by atoms with Crippen molar-refractivity contribution in [3.63, 3.8) is 0 Å². The minimum atomic E-state index is -0.223. The maximum absolute atomic E-state index is 13.1. The first-order valence-corrected chi connectivity index (χ1v) is 9.68. The lowest BCUT2D eigenvalue weighted by molar-refractivity contribution is 0.198. The second-order valence-corrected chi connectivity index (χ2v) is 7.69. The number of piperidine rings is 1. The quantitative estimate of drug-likeness (QED) is 0.802. The smallest absolute Gasteiger partial charge is 0.182 e. The van der Waals surface area contributed by atoms with Crippen LogP contribution in [0.25, 0.3) is 0 Å². The van der Waals surface area contributed by atoms with Crippen LogP contribution in [0.4, 0.5) is 10.2 Å². The van der Waals surface area contributed by atoms with E-state index in [2.05, 4.69) is 15.9 Å². The van der Waals surface area contributed by atoms with E-state index in [-0.39, 0.29) is 17.3 Å². The molecular weight excluding hydrogens is 375 g/mol. The Hall–Kier alpha value is -2.50. The summed E-state index contributed by atoms with van der Waals surface area (Å²) in [4.78, 5) is 4.44. The molecule has 0 bridgehead atoms. The van der Waals surface area contributed by atoms with Crippen LogP contribution in [0, 0.1) is 27.3 Å². The van der Waals surface area contributed by atoms with Crippen molar-refractivity contribution in [1.29, 1.82) is 10.7 Å². The van der Waals surface area contributed by atoms with E-state index in [1.165, 1.54) is 12.1 Å². The van der Waals surface area contributed by atoms with E-state index in [0.717, 1.165) is 38.0 Å². The first-order valence-electron chi connectivity index (χ1n) is 9.27. The van der Waals surface area contributed by atoms with Crippen LogP contribution in [0.5, 0.6) is 0 Å². The first kappa shape index (κ1) is 20.2. The molecule has 1 aliphatic rings. The summed E-state index contributed by atoms with van der Waals surface area (Å²) < 4.78 is 17.0. The van der Waals surface area contributed by atoms with Gasteiger partial charge in [0, 0.05) is 40.3 Å². The predicted octanol–water partition coefficient (Wildman–Crippen LogP) is 2.68. The summed E-state index contributed by atoms with van der Waals surface area (Å²) >= 11 is 5.45. The van der Waals surface area contributed by atoms with E-state index in [1.54, 1.807) is 11.6 Å². The summed E-state index contributed by atoms with van der Waals surface area (Å²) in [6.45, 7) is 2.58. The van der Waals surface area contributed by atoms with Crippen LogP contribution in [-0.4, -0.2) is 40.2 Å². The molecule has 1 aliphatic heterocycles. The predicted molar refractivity (Wildman–Crippen MR) is 109 cm³/mol. The molecule has 28 heavy (non-hydrogen) atoms. The van der Waals surface area contributed by atoms with E-state index in [1.807, 2.05) is 30.8 Å². The highest BCUT2D eigenvalue weighted by atomic mass is 32.1. The van der Waals surface area contributed by atoms with Crippen molar-refractivity contribution in [1.82, 2.24) is 14.0 Å². The Morgan fingerprint density at radius 3 is 2.61 bits per heavy atom.